The largest absolute Gasteiger partial charge is 0.472 e. The maximum absolute atomic E-state index is 11.7. The van der Waals surface area contributed by atoms with Crippen molar-refractivity contribution >= 4 is 27.5 Å². The van der Waals surface area contributed by atoms with E-state index in [2.05, 4.69) is 25.8 Å². The summed E-state index contributed by atoms with van der Waals surface area (Å²) in [6.45, 7) is 3.52. The average molecular weight is 376 g/mol. The fraction of sp³-hybridized carbons (Fsp3) is 0.294. The van der Waals surface area contributed by atoms with E-state index in [9.17, 15) is 4.79 Å². The number of amides is 1. The first kappa shape index (κ1) is 15.8. The van der Waals surface area contributed by atoms with Crippen LogP contribution in [0.15, 0.2) is 41.0 Å². The van der Waals surface area contributed by atoms with Crippen LogP contribution in [0.4, 0.5) is 5.69 Å². The lowest BCUT2D eigenvalue weighted by Crippen LogP contribution is -2.27. The number of carbonyl (C=O) groups is 1. The van der Waals surface area contributed by atoms with Gasteiger partial charge in [0, 0.05) is 35.4 Å². The molecule has 1 aliphatic heterocycles. The van der Waals surface area contributed by atoms with Gasteiger partial charge in [-0.25, -0.2) is 4.98 Å². The van der Waals surface area contributed by atoms with Crippen LogP contribution in [0.5, 0.6) is 5.88 Å². The lowest BCUT2D eigenvalue weighted by molar-refractivity contribution is 0.100. The molecule has 1 amide bonds. The van der Waals surface area contributed by atoms with E-state index in [0.29, 0.717) is 18.0 Å². The number of hydrogen-bond acceptors (Lipinski definition) is 4. The molecule has 1 saturated heterocycles. The van der Waals surface area contributed by atoms with Gasteiger partial charge in [0.2, 0.25) is 5.88 Å². The number of primary amides is 1. The van der Waals surface area contributed by atoms with Crippen LogP contribution in [-0.4, -0.2) is 30.1 Å². The lowest BCUT2D eigenvalue weighted by atomic mass is 10.1. The van der Waals surface area contributed by atoms with Crippen LogP contribution < -0.4 is 15.4 Å². The molecule has 2 aromatic rings. The van der Waals surface area contributed by atoms with E-state index in [1.165, 1.54) is 0 Å². The minimum absolute atomic E-state index is 0.0505. The van der Waals surface area contributed by atoms with E-state index in [-0.39, 0.29) is 6.10 Å². The molecule has 0 spiro atoms. The molecule has 1 atom stereocenters. The number of aryl methyl sites for hydroxylation is 1. The van der Waals surface area contributed by atoms with Crippen molar-refractivity contribution in [3.05, 3.63) is 52.1 Å². The highest BCUT2D eigenvalue weighted by molar-refractivity contribution is 9.10. The van der Waals surface area contributed by atoms with E-state index < -0.39 is 5.91 Å². The number of aromatic nitrogens is 1. The smallest absolute Gasteiger partial charge is 0.250 e. The summed E-state index contributed by atoms with van der Waals surface area (Å²) in [6, 6.07) is 9.45. The summed E-state index contributed by atoms with van der Waals surface area (Å²) >= 11 is 3.38. The van der Waals surface area contributed by atoms with Gasteiger partial charge >= 0.3 is 0 Å². The molecule has 0 aliphatic carbocycles. The predicted molar refractivity (Wildman–Crippen MR) is 92.9 cm³/mol. The molecule has 1 aliphatic rings. The number of benzene rings is 1. The van der Waals surface area contributed by atoms with Crippen molar-refractivity contribution in [1.29, 1.82) is 0 Å². The first-order valence-electron chi connectivity index (χ1n) is 7.46. The van der Waals surface area contributed by atoms with Gasteiger partial charge in [-0.15, -0.1) is 0 Å². The third kappa shape index (κ3) is 3.64. The first-order chi connectivity index (χ1) is 11.0. The second kappa shape index (κ2) is 6.58. The minimum Gasteiger partial charge on any atom is -0.472 e. The number of nitrogens with zero attached hydrogens (tertiary/aromatic N) is 2. The number of ether oxygens (including phenoxy) is 1. The molecule has 5 nitrogen and oxygen atoms in total. The van der Waals surface area contributed by atoms with Gasteiger partial charge in [-0.05, 0) is 30.7 Å². The van der Waals surface area contributed by atoms with Gasteiger partial charge in [-0.3, -0.25) is 4.79 Å². The minimum atomic E-state index is -0.425. The molecular weight excluding hydrogens is 358 g/mol. The monoisotopic (exact) mass is 375 g/mol. The highest BCUT2D eigenvalue weighted by Crippen LogP contribution is 2.28. The Morgan fingerprint density at radius 3 is 2.91 bits per heavy atom. The van der Waals surface area contributed by atoms with Crippen molar-refractivity contribution in [3.63, 3.8) is 0 Å². The standard InChI is InChI=1S/C17H18BrN3O2/c1-11-2-5-16(20-9-11)23-13-6-7-21(10-13)15-4-3-12(18)8-14(15)17(19)22/h2-5,8-9,13H,6-7,10H2,1H3,(H2,19,22)/t13-/m1/s1. The van der Waals surface area contributed by atoms with Crippen LogP contribution in [0.1, 0.15) is 22.3 Å². The number of hydrogen-bond donors (Lipinski definition) is 1. The lowest BCUT2D eigenvalue weighted by Gasteiger charge is -2.21. The summed E-state index contributed by atoms with van der Waals surface area (Å²) < 4.78 is 6.77. The van der Waals surface area contributed by atoms with Crippen LogP contribution >= 0.6 is 15.9 Å². The van der Waals surface area contributed by atoms with Crippen molar-refractivity contribution in [2.45, 2.75) is 19.4 Å². The molecule has 0 bridgehead atoms. The van der Waals surface area contributed by atoms with Crippen LogP contribution in [0.2, 0.25) is 0 Å². The van der Waals surface area contributed by atoms with E-state index >= 15 is 0 Å². The molecule has 2 N–H and O–H groups in total. The molecule has 3 rings (SSSR count). The molecule has 0 saturated carbocycles. The summed E-state index contributed by atoms with van der Waals surface area (Å²) in [6.07, 6.45) is 2.72. The molecule has 1 fully saturated rings. The van der Waals surface area contributed by atoms with E-state index in [1.54, 1.807) is 12.3 Å². The van der Waals surface area contributed by atoms with E-state index in [0.717, 1.165) is 28.7 Å². The predicted octanol–water partition coefficient (Wildman–Crippen LogP) is 2.91. The summed E-state index contributed by atoms with van der Waals surface area (Å²) in [5.74, 6) is 0.208. The Kier molecular flexibility index (Phi) is 4.52. The molecule has 0 radical (unpaired) electrons. The Balaban J connectivity index is 1.72. The van der Waals surface area contributed by atoms with E-state index in [1.807, 2.05) is 31.2 Å². The molecule has 1 aromatic carbocycles. The van der Waals surface area contributed by atoms with Gasteiger partial charge in [0.1, 0.15) is 6.10 Å². The van der Waals surface area contributed by atoms with Crippen molar-refractivity contribution in [1.82, 2.24) is 4.98 Å². The second-order valence-corrected chi connectivity index (χ2v) is 6.59. The van der Waals surface area contributed by atoms with Crippen molar-refractivity contribution in [2.24, 2.45) is 5.73 Å². The topological polar surface area (TPSA) is 68.5 Å². The SMILES string of the molecule is Cc1ccc(O[C@@H]2CCN(c3ccc(Br)cc3C(N)=O)C2)nc1. The number of rotatable bonds is 4. The van der Waals surface area contributed by atoms with Crippen LogP contribution in [0, 0.1) is 6.92 Å². The normalized spacial score (nSPS) is 17.3. The number of nitrogens with two attached hydrogens (primary N) is 1. The number of pyridine rings is 1. The Bertz CT molecular complexity index is 718. The summed E-state index contributed by atoms with van der Waals surface area (Å²) in [7, 11) is 0. The van der Waals surface area contributed by atoms with Crippen molar-refractivity contribution in [2.75, 3.05) is 18.0 Å². The van der Waals surface area contributed by atoms with Crippen LogP contribution in [-0.2, 0) is 0 Å². The van der Waals surface area contributed by atoms with Crippen LogP contribution in [0.25, 0.3) is 0 Å². The fourth-order valence-electron chi connectivity index (χ4n) is 2.72. The maximum Gasteiger partial charge on any atom is 0.250 e. The summed E-state index contributed by atoms with van der Waals surface area (Å²) in [5.41, 5.74) is 7.97. The molecule has 120 valence electrons. The van der Waals surface area contributed by atoms with Gasteiger partial charge in [-0.1, -0.05) is 22.0 Å². The Morgan fingerprint density at radius 1 is 1.39 bits per heavy atom. The quantitative estimate of drug-likeness (QED) is 0.891. The Labute approximate surface area is 143 Å². The summed E-state index contributed by atoms with van der Waals surface area (Å²) in [5, 5.41) is 0. The molecule has 0 unspecified atom stereocenters. The average Bonchev–Trinajstić information content (AvgIpc) is 2.98. The van der Waals surface area contributed by atoms with Crippen molar-refractivity contribution in [3.8, 4) is 5.88 Å². The highest BCUT2D eigenvalue weighted by Gasteiger charge is 2.27. The molecule has 6 heteroatoms. The zero-order valence-corrected chi connectivity index (χ0v) is 14.4. The highest BCUT2D eigenvalue weighted by atomic mass is 79.9. The van der Waals surface area contributed by atoms with Gasteiger partial charge in [-0.2, -0.15) is 0 Å². The number of halogens is 1. The third-order valence-corrected chi connectivity index (χ3v) is 4.37. The molecule has 1 aromatic heterocycles. The second-order valence-electron chi connectivity index (χ2n) is 5.67. The Hall–Kier alpha value is -2.08. The zero-order chi connectivity index (χ0) is 16.4. The van der Waals surface area contributed by atoms with Gasteiger partial charge in [0.05, 0.1) is 12.1 Å². The van der Waals surface area contributed by atoms with Gasteiger partial charge in [0.25, 0.3) is 5.91 Å². The molecule has 2 heterocycles. The van der Waals surface area contributed by atoms with Crippen LogP contribution in [0.3, 0.4) is 0 Å². The van der Waals surface area contributed by atoms with Gasteiger partial charge in [0.15, 0.2) is 0 Å². The van der Waals surface area contributed by atoms with Crippen molar-refractivity contribution < 1.29 is 9.53 Å². The molecule has 23 heavy (non-hydrogen) atoms. The number of anilines is 1. The maximum atomic E-state index is 11.7. The zero-order valence-electron chi connectivity index (χ0n) is 12.8. The summed E-state index contributed by atoms with van der Waals surface area (Å²) in [4.78, 5) is 18.1. The number of carbonyl (C=O) groups excluding carboxylic acids is 1. The fourth-order valence-corrected chi connectivity index (χ4v) is 3.08. The third-order valence-electron chi connectivity index (χ3n) is 3.88. The van der Waals surface area contributed by atoms with Gasteiger partial charge < -0.3 is 15.4 Å². The Morgan fingerprint density at radius 2 is 2.22 bits per heavy atom. The first-order valence-corrected chi connectivity index (χ1v) is 8.26. The molecular formula is C17H18BrN3O2. The van der Waals surface area contributed by atoms with E-state index in [4.69, 9.17) is 10.5 Å².